The van der Waals surface area contributed by atoms with Crippen LogP contribution in [0.2, 0.25) is 0 Å². The molecule has 0 radical (unpaired) electrons. The Morgan fingerprint density at radius 1 is 1.32 bits per heavy atom. The summed E-state index contributed by atoms with van der Waals surface area (Å²) in [7, 11) is 0. The van der Waals surface area contributed by atoms with Crippen molar-refractivity contribution >= 4 is 0 Å². The van der Waals surface area contributed by atoms with Crippen LogP contribution in [-0.4, -0.2) is 4.57 Å². The van der Waals surface area contributed by atoms with Crippen molar-refractivity contribution in [3.8, 4) is 0 Å². The van der Waals surface area contributed by atoms with Crippen molar-refractivity contribution in [3.05, 3.63) is 23.5 Å². The number of aryl methyl sites for hydroxylation is 1. The summed E-state index contributed by atoms with van der Waals surface area (Å²) in [5, 5.41) is 0. The second-order valence-corrected chi connectivity index (χ2v) is 6.20. The van der Waals surface area contributed by atoms with E-state index < -0.39 is 0 Å². The lowest BCUT2D eigenvalue weighted by molar-refractivity contribution is 0.390. The molecule has 2 unspecified atom stereocenters. The smallest absolute Gasteiger partial charge is 0.0312 e. The predicted octanol–water partition coefficient (Wildman–Crippen LogP) is 4.43. The van der Waals surface area contributed by atoms with E-state index in [0.29, 0.717) is 0 Å². The first kappa shape index (κ1) is 14.6. The molecule has 0 fully saturated rings. The molecule has 1 aromatic heterocycles. The number of fused-ring (bicyclic) bond motifs is 1. The number of nitrogens with zero attached hydrogens (tertiary/aromatic N) is 1. The van der Waals surface area contributed by atoms with Crippen LogP contribution in [0.25, 0.3) is 0 Å². The third-order valence-corrected chi connectivity index (χ3v) is 4.62. The fourth-order valence-corrected chi connectivity index (χ4v) is 3.27. The van der Waals surface area contributed by atoms with Crippen LogP contribution >= 0.6 is 0 Å². The van der Waals surface area contributed by atoms with Crippen LogP contribution in [0, 0.1) is 5.92 Å². The zero-order valence-corrected chi connectivity index (χ0v) is 12.7. The van der Waals surface area contributed by atoms with Crippen molar-refractivity contribution in [1.29, 1.82) is 0 Å². The van der Waals surface area contributed by atoms with E-state index in [1.165, 1.54) is 62.6 Å². The molecule has 1 aliphatic rings. The fourth-order valence-electron chi connectivity index (χ4n) is 3.27. The van der Waals surface area contributed by atoms with Gasteiger partial charge in [0.15, 0.2) is 0 Å². The van der Waals surface area contributed by atoms with Crippen LogP contribution in [0.1, 0.15) is 76.0 Å². The molecule has 108 valence electrons. The van der Waals surface area contributed by atoms with Crippen molar-refractivity contribution in [1.82, 2.24) is 4.57 Å². The molecule has 2 nitrogen and oxygen atoms in total. The summed E-state index contributed by atoms with van der Waals surface area (Å²) < 4.78 is 2.42. The van der Waals surface area contributed by atoms with E-state index in [9.17, 15) is 0 Å². The van der Waals surface area contributed by atoms with Gasteiger partial charge in [-0.05, 0) is 42.7 Å². The Bertz CT molecular complexity index is 381. The minimum Gasteiger partial charge on any atom is -0.353 e. The summed E-state index contributed by atoms with van der Waals surface area (Å²) in [4.78, 5) is 0. The third kappa shape index (κ3) is 3.85. The largest absolute Gasteiger partial charge is 0.353 e. The van der Waals surface area contributed by atoms with Gasteiger partial charge in [-0.25, -0.2) is 0 Å². The monoisotopic (exact) mass is 262 g/mol. The summed E-state index contributed by atoms with van der Waals surface area (Å²) in [6.07, 6.45) is 15.0. The maximum absolute atomic E-state index is 6.29. The molecule has 0 bridgehead atoms. The van der Waals surface area contributed by atoms with Crippen LogP contribution in [0.4, 0.5) is 0 Å². The first-order chi connectivity index (χ1) is 9.24. The van der Waals surface area contributed by atoms with Gasteiger partial charge in [0.05, 0.1) is 0 Å². The van der Waals surface area contributed by atoms with E-state index in [2.05, 4.69) is 30.8 Å². The minimum absolute atomic E-state index is 0.273. The van der Waals surface area contributed by atoms with Gasteiger partial charge in [-0.1, -0.05) is 39.5 Å². The zero-order chi connectivity index (χ0) is 13.7. The molecule has 1 heterocycles. The molecule has 1 aromatic rings. The van der Waals surface area contributed by atoms with Gasteiger partial charge in [-0.15, -0.1) is 0 Å². The topological polar surface area (TPSA) is 30.9 Å². The average molecular weight is 262 g/mol. The van der Waals surface area contributed by atoms with Crippen LogP contribution in [0.5, 0.6) is 0 Å². The molecular formula is C17H30N2. The lowest BCUT2D eigenvalue weighted by Gasteiger charge is -2.15. The van der Waals surface area contributed by atoms with Gasteiger partial charge in [0.2, 0.25) is 0 Å². The van der Waals surface area contributed by atoms with Crippen LogP contribution in [-0.2, 0) is 13.0 Å². The van der Waals surface area contributed by atoms with Gasteiger partial charge < -0.3 is 10.3 Å². The SMILES string of the molecule is CCCCC(CC)Cn1cc2c(c1)C(N)CCCC2. The average Bonchev–Trinajstić information content (AvgIpc) is 2.74. The maximum atomic E-state index is 6.29. The summed E-state index contributed by atoms with van der Waals surface area (Å²) in [5.74, 6) is 0.826. The minimum atomic E-state index is 0.273. The standard InChI is InChI=1S/C17H30N2/c1-3-5-8-14(4-2)11-19-12-15-9-6-7-10-17(18)16(15)13-19/h12-14,17H,3-11,18H2,1-2H3. The van der Waals surface area contributed by atoms with E-state index in [0.717, 1.165) is 12.3 Å². The van der Waals surface area contributed by atoms with Gasteiger partial charge >= 0.3 is 0 Å². The molecule has 2 rings (SSSR count). The second kappa shape index (κ2) is 7.14. The highest BCUT2D eigenvalue weighted by Gasteiger charge is 2.18. The van der Waals surface area contributed by atoms with Gasteiger partial charge in [0.1, 0.15) is 0 Å². The van der Waals surface area contributed by atoms with Crippen LogP contribution in [0.15, 0.2) is 12.4 Å². The normalized spacial score (nSPS) is 20.9. The molecule has 0 saturated heterocycles. The highest BCUT2D eigenvalue weighted by Crippen LogP contribution is 2.28. The molecule has 0 saturated carbocycles. The molecule has 2 heteroatoms. The Kier molecular flexibility index (Phi) is 5.50. The molecule has 0 amide bonds. The van der Waals surface area contributed by atoms with Crippen molar-refractivity contribution < 1.29 is 0 Å². The second-order valence-electron chi connectivity index (χ2n) is 6.20. The first-order valence-corrected chi connectivity index (χ1v) is 8.18. The van der Waals surface area contributed by atoms with E-state index in [4.69, 9.17) is 5.73 Å². The highest BCUT2D eigenvalue weighted by atomic mass is 14.9. The quantitative estimate of drug-likeness (QED) is 0.755. The van der Waals surface area contributed by atoms with Gasteiger partial charge in [-0.2, -0.15) is 0 Å². The van der Waals surface area contributed by atoms with E-state index in [1.54, 1.807) is 0 Å². The van der Waals surface area contributed by atoms with Gasteiger partial charge in [0.25, 0.3) is 0 Å². The lowest BCUT2D eigenvalue weighted by Crippen LogP contribution is -2.10. The van der Waals surface area contributed by atoms with Crippen molar-refractivity contribution in [2.75, 3.05) is 0 Å². The number of aromatic nitrogens is 1. The molecule has 2 atom stereocenters. The summed E-state index contributed by atoms with van der Waals surface area (Å²) in [6.45, 7) is 5.78. The first-order valence-electron chi connectivity index (χ1n) is 8.18. The number of nitrogens with two attached hydrogens (primary N) is 1. The third-order valence-electron chi connectivity index (χ3n) is 4.62. The number of rotatable bonds is 6. The summed E-state index contributed by atoms with van der Waals surface area (Å²) in [6, 6.07) is 0.273. The lowest BCUT2D eigenvalue weighted by atomic mass is 9.99. The molecule has 0 aliphatic heterocycles. The highest BCUT2D eigenvalue weighted by molar-refractivity contribution is 5.28. The van der Waals surface area contributed by atoms with Gasteiger partial charge in [-0.3, -0.25) is 0 Å². The van der Waals surface area contributed by atoms with E-state index >= 15 is 0 Å². The summed E-state index contributed by atoms with van der Waals surface area (Å²) >= 11 is 0. The molecular weight excluding hydrogens is 232 g/mol. The Labute approximate surface area is 118 Å². The Balaban J connectivity index is 2.03. The van der Waals surface area contributed by atoms with Crippen molar-refractivity contribution in [3.63, 3.8) is 0 Å². The predicted molar refractivity (Wildman–Crippen MR) is 82.2 cm³/mol. The fraction of sp³-hybridized carbons (Fsp3) is 0.765. The molecule has 0 spiro atoms. The number of unbranched alkanes of at least 4 members (excludes halogenated alkanes) is 1. The maximum Gasteiger partial charge on any atom is 0.0312 e. The van der Waals surface area contributed by atoms with Crippen LogP contribution < -0.4 is 5.73 Å². The number of hydrogen-bond acceptors (Lipinski definition) is 1. The Hall–Kier alpha value is -0.760. The van der Waals surface area contributed by atoms with Gasteiger partial charge in [0, 0.05) is 25.0 Å². The van der Waals surface area contributed by atoms with Crippen molar-refractivity contribution in [2.45, 2.75) is 77.8 Å². The Morgan fingerprint density at radius 2 is 2.16 bits per heavy atom. The van der Waals surface area contributed by atoms with E-state index in [1.807, 2.05) is 0 Å². The molecule has 1 aliphatic carbocycles. The number of hydrogen-bond donors (Lipinski definition) is 1. The molecule has 2 N–H and O–H groups in total. The van der Waals surface area contributed by atoms with E-state index in [-0.39, 0.29) is 6.04 Å². The zero-order valence-electron chi connectivity index (χ0n) is 12.7. The Morgan fingerprint density at radius 3 is 2.89 bits per heavy atom. The van der Waals surface area contributed by atoms with Crippen LogP contribution in [0.3, 0.4) is 0 Å². The van der Waals surface area contributed by atoms with Crippen molar-refractivity contribution in [2.24, 2.45) is 11.7 Å². The molecule has 19 heavy (non-hydrogen) atoms. The molecule has 0 aromatic carbocycles. The summed E-state index contributed by atoms with van der Waals surface area (Å²) in [5.41, 5.74) is 9.22.